The minimum absolute atomic E-state index is 0.215. The fraction of sp³-hybridized carbons (Fsp3) is 0.167. The zero-order valence-corrected chi connectivity index (χ0v) is 16.0. The Morgan fingerprint density at radius 3 is 2.59 bits per heavy atom. The summed E-state index contributed by atoms with van der Waals surface area (Å²) in [7, 11) is 3.05. The van der Waals surface area contributed by atoms with Gasteiger partial charge in [-0.25, -0.2) is 9.97 Å². The van der Waals surface area contributed by atoms with E-state index in [0.29, 0.717) is 38.1 Å². The Bertz CT molecular complexity index is 998. The first-order chi connectivity index (χ1) is 13.0. The van der Waals surface area contributed by atoms with Gasteiger partial charge in [-0.3, -0.25) is 4.79 Å². The lowest BCUT2D eigenvalue weighted by Gasteiger charge is -2.11. The molecular formula is C18H15Cl2N3O4. The summed E-state index contributed by atoms with van der Waals surface area (Å²) in [5.41, 5.74) is 1.03. The summed E-state index contributed by atoms with van der Waals surface area (Å²) >= 11 is 12.1. The lowest BCUT2D eigenvalue weighted by molar-refractivity contribution is -0.118. The molecule has 3 rings (SSSR count). The molecule has 1 aromatic heterocycles. The average molecular weight is 408 g/mol. The normalized spacial score (nSPS) is 10.5. The van der Waals surface area contributed by atoms with E-state index >= 15 is 0 Å². The van der Waals surface area contributed by atoms with E-state index in [1.165, 1.54) is 20.5 Å². The van der Waals surface area contributed by atoms with Crippen LogP contribution in [0.1, 0.15) is 0 Å². The van der Waals surface area contributed by atoms with Gasteiger partial charge in [-0.15, -0.1) is 0 Å². The van der Waals surface area contributed by atoms with Gasteiger partial charge in [0, 0.05) is 16.8 Å². The Morgan fingerprint density at radius 1 is 1.07 bits per heavy atom. The van der Waals surface area contributed by atoms with Crippen LogP contribution >= 0.6 is 23.2 Å². The van der Waals surface area contributed by atoms with Crippen molar-refractivity contribution < 1.29 is 19.0 Å². The van der Waals surface area contributed by atoms with E-state index in [0.717, 1.165) is 0 Å². The summed E-state index contributed by atoms with van der Waals surface area (Å²) in [6, 6.07) is 8.24. The van der Waals surface area contributed by atoms with Crippen LogP contribution in [0.4, 0.5) is 5.69 Å². The first kappa shape index (κ1) is 19.0. The van der Waals surface area contributed by atoms with Crippen LogP contribution in [0.5, 0.6) is 17.4 Å². The SMILES string of the molecule is COc1ccc(NC(=O)COc2ncnc3c(Cl)cc(Cl)cc23)cc1OC. The van der Waals surface area contributed by atoms with Gasteiger partial charge in [-0.05, 0) is 24.3 Å². The molecule has 7 nitrogen and oxygen atoms in total. The molecule has 0 radical (unpaired) electrons. The lowest BCUT2D eigenvalue weighted by atomic mass is 10.2. The largest absolute Gasteiger partial charge is 0.493 e. The molecule has 0 bridgehead atoms. The fourth-order valence-corrected chi connectivity index (χ4v) is 2.97. The van der Waals surface area contributed by atoms with Crippen molar-refractivity contribution in [1.82, 2.24) is 9.97 Å². The number of carbonyl (C=O) groups excluding carboxylic acids is 1. The number of methoxy groups -OCH3 is 2. The van der Waals surface area contributed by atoms with Crippen LogP contribution in [-0.4, -0.2) is 36.7 Å². The highest BCUT2D eigenvalue weighted by Gasteiger charge is 2.12. The van der Waals surface area contributed by atoms with E-state index in [1.807, 2.05) is 0 Å². The molecule has 2 aromatic carbocycles. The standard InChI is InChI=1S/C18H15Cl2N3O4/c1-25-14-4-3-11(7-15(14)26-2)23-16(24)8-27-18-12-5-10(19)6-13(20)17(12)21-9-22-18/h3-7,9H,8H2,1-2H3,(H,23,24). The molecule has 9 heteroatoms. The molecule has 3 aromatic rings. The molecule has 27 heavy (non-hydrogen) atoms. The van der Waals surface area contributed by atoms with E-state index in [1.54, 1.807) is 30.3 Å². The number of nitrogens with one attached hydrogen (secondary N) is 1. The lowest BCUT2D eigenvalue weighted by Crippen LogP contribution is -2.20. The molecule has 0 aliphatic carbocycles. The molecule has 0 atom stereocenters. The molecule has 0 aliphatic rings. The monoisotopic (exact) mass is 407 g/mol. The highest BCUT2D eigenvalue weighted by molar-refractivity contribution is 6.38. The van der Waals surface area contributed by atoms with Crippen molar-refractivity contribution in [1.29, 1.82) is 0 Å². The predicted molar refractivity (Wildman–Crippen MR) is 103 cm³/mol. The summed E-state index contributed by atoms with van der Waals surface area (Å²) in [4.78, 5) is 20.4. The van der Waals surface area contributed by atoms with Crippen molar-refractivity contribution in [3.8, 4) is 17.4 Å². The molecule has 1 amide bonds. The van der Waals surface area contributed by atoms with Gasteiger partial charge < -0.3 is 19.5 Å². The number of hydrogen-bond donors (Lipinski definition) is 1. The minimum atomic E-state index is -0.373. The van der Waals surface area contributed by atoms with Crippen LogP contribution in [0.15, 0.2) is 36.7 Å². The summed E-state index contributed by atoms with van der Waals surface area (Å²) in [5.74, 6) is 0.907. The number of fused-ring (bicyclic) bond motifs is 1. The average Bonchev–Trinajstić information content (AvgIpc) is 2.66. The van der Waals surface area contributed by atoms with E-state index in [9.17, 15) is 4.79 Å². The number of aromatic nitrogens is 2. The van der Waals surface area contributed by atoms with Crippen LogP contribution in [0, 0.1) is 0 Å². The maximum Gasteiger partial charge on any atom is 0.262 e. The first-order valence-corrected chi connectivity index (χ1v) is 8.52. The Hall–Kier alpha value is -2.77. The van der Waals surface area contributed by atoms with Crippen LogP contribution < -0.4 is 19.5 Å². The Kier molecular flexibility index (Phi) is 5.83. The van der Waals surface area contributed by atoms with Crippen molar-refractivity contribution >= 4 is 45.7 Å². The van der Waals surface area contributed by atoms with Gasteiger partial charge in [0.25, 0.3) is 5.91 Å². The predicted octanol–water partition coefficient (Wildman–Crippen LogP) is 3.97. The maximum absolute atomic E-state index is 12.2. The topological polar surface area (TPSA) is 82.6 Å². The van der Waals surface area contributed by atoms with Gasteiger partial charge in [0.05, 0.1) is 30.1 Å². The van der Waals surface area contributed by atoms with Crippen molar-refractivity contribution in [3.63, 3.8) is 0 Å². The molecule has 0 spiro atoms. The van der Waals surface area contributed by atoms with Crippen LogP contribution in [-0.2, 0) is 4.79 Å². The number of hydrogen-bond acceptors (Lipinski definition) is 6. The number of carbonyl (C=O) groups is 1. The number of benzene rings is 2. The van der Waals surface area contributed by atoms with E-state index < -0.39 is 0 Å². The molecule has 140 valence electrons. The summed E-state index contributed by atoms with van der Waals surface area (Å²) in [6.45, 7) is -0.259. The number of anilines is 1. The Balaban J connectivity index is 1.72. The molecular weight excluding hydrogens is 393 g/mol. The van der Waals surface area contributed by atoms with E-state index in [-0.39, 0.29) is 18.4 Å². The zero-order chi connectivity index (χ0) is 19.4. The van der Waals surface area contributed by atoms with E-state index in [2.05, 4.69) is 15.3 Å². The maximum atomic E-state index is 12.2. The number of nitrogens with zero attached hydrogens (tertiary/aromatic N) is 2. The van der Waals surface area contributed by atoms with Crippen LogP contribution in [0.3, 0.4) is 0 Å². The first-order valence-electron chi connectivity index (χ1n) is 7.76. The Labute approximate surface area is 165 Å². The van der Waals surface area contributed by atoms with Gasteiger partial charge >= 0.3 is 0 Å². The quantitative estimate of drug-likeness (QED) is 0.665. The van der Waals surface area contributed by atoms with Crippen molar-refractivity contribution in [2.75, 3.05) is 26.1 Å². The second-order valence-corrected chi connectivity index (χ2v) is 6.21. The van der Waals surface area contributed by atoms with Gasteiger partial charge in [0.1, 0.15) is 6.33 Å². The van der Waals surface area contributed by atoms with Gasteiger partial charge in [0.15, 0.2) is 18.1 Å². The van der Waals surface area contributed by atoms with Crippen molar-refractivity contribution in [3.05, 3.63) is 46.7 Å². The summed E-state index contributed by atoms with van der Waals surface area (Å²) in [5, 5.41) is 4.03. The number of amides is 1. The summed E-state index contributed by atoms with van der Waals surface area (Å²) < 4.78 is 15.9. The van der Waals surface area contributed by atoms with Crippen LogP contribution in [0.2, 0.25) is 10.0 Å². The van der Waals surface area contributed by atoms with Crippen molar-refractivity contribution in [2.45, 2.75) is 0 Å². The number of halogens is 2. The second-order valence-electron chi connectivity index (χ2n) is 5.37. The highest BCUT2D eigenvalue weighted by atomic mass is 35.5. The third kappa shape index (κ3) is 4.32. The smallest absolute Gasteiger partial charge is 0.262 e. The fourth-order valence-electron chi connectivity index (χ4n) is 2.43. The molecule has 0 saturated heterocycles. The third-order valence-corrected chi connectivity index (χ3v) is 4.13. The number of rotatable bonds is 6. The van der Waals surface area contributed by atoms with E-state index in [4.69, 9.17) is 37.4 Å². The Morgan fingerprint density at radius 2 is 1.85 bits per heavy atom. The molecule has 1 N–H and O–H groups in total. The summed E-state index contributed by atoms with van der Waals surface area (Å²) in [6.07, 6.45) is 1.31. The van der Waals surface area contributed by atoms with Crippen LogP contribution in [0.25, 0.3) is 10.9 Å². The van der Waals surface area contributed by atoms with Gasteiger partial charge in [-0.1, -0.05) is 23.2 Å². The van der Waals surface area contributed by atoms with Crippen molar-refractivity contribution in [2.24, 2.45) is 0 Å². The minimum Gasteiger partial charge on any atom is -0.493 e. The molecule has 0 fully saturated rings. The molecule has 0 saturated carbocycles. The zero-order valence-electron chi connectivity index (χ0n) is 14.5. The molecule has 0 aliphatic heterocycles. The van der Waals surface area contributed by atoms with Gasteiger partial charge in [0.2, 0.25) is 5.88 Å². The van der Waals surface area contributed by atoms with Gasteiger partial charge in [-0.2, -0.15) is 0 Å². The second kappa shape index (κ2) is 8.28. The number of ether oxygens (including phenoxy) is 3. The highest BCUT2D eigenvalue weighted by Crippen LogP contribution is 2.31. The molecule has 0 unspecified atom stereocenters. The molecule has 1 heterocycles. The third-order valence-electron chi connectivity index (χ3n) is 3.63.